The van der Waals surface area contributed by atoms with Crippen LogP contribution in [-0.2, 0) is 22.6 Å². The number of aromatic nitrogens is 2. The predicted octanol–water partition coefficient (Wildman–Crippen LogP) is 6.03. The van der Waals surface area contributed by atoms with Gasteiger partial charge in [0.15, 0.2) is 6.29 Å². The summed E-state index contributed by atoms with van der Waals surface area (Å²) in [5, 5.41) is 12.4. The third-order valence-electron chi connectivity index (χ3n) is 7.02. The molecular formula is C32H29N3O4. The van der Waals surface area contributed by atoms with Crippen LogP contribution < -0.4 is 5.32 Å². The number of anilines is 1. The molecule has 0 saturated carbocycles. The van der Waals surface area contributed by atoms with Crippen LogP contribution in [-0.4, -0.2) is 26.7 Å². The number of nitrogens with one attached hydrogen (secondary N) is 1. The number of carbonyl (C=O) groups is 1. The van der Waals surface area contributed by atoms with Gasteiger partial charge < -0.3 is 24.5 Å². The summed E-state index contributed by atoms with van der Waals surface area (Å²) in [5.41, 5.74) is 6.07. The van der Waals surface area contributed by atoms with E-state index >= 15 is 0 Å². The van der Waals surface area contributed by atoms with E-state index in [0.29, 0.717) is 24.2 Å². The van der Waals surface area contributed by atoms with Crippen LogP contribution >= 0.6 is 0 Å². The van der Waals surface area contributed by atoms with Gasteiger partial charge in [-0.1, -0.05) is 66.7 Å². The summed E-state index contributed by atoms with van der Waals surface area (Å²) in [4.78, 5) is 17.1. The lowest BCUT2D eigenvalue weighted by molar-refractivity contribution is -0.252. The lowest BCUT2D eigenvalue weighted by atomic mass is 10.00. The molecule has 1 amide bonds. The van der Waals surface area contributed by atoms with E-state index in [2.05, 4.69) is 20.9 Å². The van der Waals surface area contributed by atoms with Gasteiger partial charge >= 0.3 is 0 Å². The van der Waals surface area contributed by atoms with Gasteiger partial charge in [0.1, 0.15) is 0 Å². The first-order valence-corrected chi connectivity index (χ1v) is 13.0. The molecule has 0 aliphatic carbocycles. The molecule has 7 heteroatoms. The van der Waals surface area contributed by atoms with Crippen molar-refractivity contribution < 1.29 is 19.4 Å². The second-order valence-electron chi connectivity index (χ2n) is 9.68. The van der Waals surface area contributed by atoms with Crippen molar-refractivity contribution in [2.45, 2.75) is 38.1 Å². The summed E-state index contributed by atoms with van der Waals surface area (Å²) in [5.74, 6) is -0.160. The molecule has 4 aromatic carbocycles. The fourth-order valence-corrected chi connectivity index (χ4v) is 4.92. The number of aliphatic hydroxyl groups excluding tert-OH is 1. The van der Waals surface area contributed by atoms with Gasteiger partial charge in [-0.25, -0.2) is 4.98 Å². The molecule has 0 unspecified atom stereocenters. The van der Waals surface area contributed by atoms with Crippen molar-refractivity contribution >= 4 is 22.6 Å². The first-order valence-electron chi connectivity index (χ1n) is 13.0. The molecule has 2 heterocycles. The molecule has 1 aliphatic rings. The Kier molecular flexibility index (Phi) is 7.19. The lowest BCUT2D eigenvalue weighted by Crippen LogP contribution is -2.32. The Balaban J connectivity index is 1.23. The number of imidazole rings is 1. The standard InChI is InChI=1S/C32H29N3O4/c36-20-22-10-12-23(13-11-22)30-18-27(19-35-21-33-28-8-4-5-9-29(28)35)38-32(39-30)25-14-16-26(17-15-25)34-31(37)24-6-2-1-3-7-24/h1-17,21,27,30,32,36H,18-20H2,(H,34,37)/t27-,30+,32+/m1/s1. The van der Waals surface area contributed by atoms with Crippen molar-refractivity contribution in [1.29, 1.82) is 0 Å². The maximum atomic E-state index is 12.6. The Morgan fingerprint density at radius 1 is 0.872 bits per heavy atom. The van der Waals surface area contributed by atoms with E-state index in [-0.39, 0.29) is 24.7 Å². The molecule has 1 fully saturated rings. The van der Waals surface area contributed by atoms with Gasteiger partial charge in [0.05, 0.1) is 42.7 Å². The number of nitrogens with zero attached hydrogens (tertiary/aromatic N) is 2. The minimum atomic E-state index is -0.583. The third-order valence-corrected chi connectivity index (χ3v) is 7.02. The van der Waals surface area contributed by atoms with Crippen LogP contribution in [0, 0.1) is 0 Å². The number of aliphatic hydroxyl groups is 1. The molecule has 39 heavy (non-hydrogen) atoms. The average Bonchev–Trinajstić information content (AvgIpc) is 3.40. The summed E-state index contributed by atoms with van der Waals surface area (Å²) < 4.78 is 15.1. The quantitative estimate of drug-likeness (QED) is 0.274. The van der Waals surface area contributed by atoms with Crippen LogP contribution in [0.4, 0.5) is 5.69 Å². The Bertz CT molecular complexity index is 1550. The van der Waals surface area contributed by atoms with Gasteiger partial charge in [0.2, 0.25) is 0 Å². The summed E-state index contributed by atoms with van der Waals surface area (Å²) in [6.07, 6.45) is 1.63. The maximum absolute atomic E-state index is 12.6. The zero-order valence-electron chi connectivity index (χ0n) is 21.3. The lowest BCUT2D eigenvalue weighted by Gasteiger charge is -2.36. The fourth-order valence-electron chi connectivity index (χ4n) is 4.92. The monoisotopic (exact) mass is 519 g/mol. The van der Waals surface area contributed by atoms with Gasteiger partial charge in [-0.3, -0.25) is 4.79 Å². The molecular weight excluding hydrogens is 490 g/mol. The number of carbonyl (C=O) groups excluding carboxylic acids is 1. The van der Waals surface area contributed by atoms with Gasteiger partial charge in [-0.05, 0) is 47.5 Å². The smallest absolute Gasteiger partial charge is 0.255 e. The summed E-state index contributed by atoms with van der Waals surface area (Å²) >= 11 is 0. The number of rotatable bonds is 7. The van der Waals surface area contributed by atoms with E-state index < -0.39 is 6.29 Å². The minimum absolute atomic E-state index is 0.00102. The van der Waals surface area contributed by atoms with Crippen molar-refractivity contribution in [3.63, 3.8) is 0 Å². The predicted molar refractivity (Wildman–Crippen MR) is 149 cm³/mol. The molecule has 5 aromatic rings. The highest BCUT2D eigenvalue weighted by molar-refractivity contribution is 6.04. The van der Waals surface area contributed by atoms with Gasteiger partial charge in [0, 0.05) is 23.2 Å². The molecule has 1 aliphatic heterocycles. The van der Waals surface area contributed by atoms with Crippen molar-refractivity contribution in [2.75, 3.05) is 5.32 Å². The van der Waals surface area contributed by atoms with Crippen LogP contribution in [0.2, 0.25) is 0 Å². The zero-order chi connectivity index (χ0) is 26.6. The van der Waals surface area contributed by atoms with E-state index in [1.54, 1.807) is 12.1 Å². The van der Waals surface area contributed by atoms with Crippen molar-refractivity contribution in [3.8, 4) is 0 Å². The first kappa shape index (κ1) is 25.0. The number of fused-ring (bicyclic) bond motifs is 1. The van der Waals surface area contributed by atoms with Gasteiger partial charge in [-0.2, -0.15) is 0 Å². The Morgan fingerprint density at radius 3 is 2.36 bits per heavy atom. The number of hydrogen-bond acceptors (Lipinski definition) is 5. The molecule has 3 atom stereocenters. The number of ether oxygens (including phenoxy) is 2. The summed E-state index contributed by atoms with van der Waals surface area (Å²) in [6.45, 7) is 0.637. The van der Waals surface area contributed by atoms with Gasteiger partial charge in [-0.15, -0.1) is 0 Å². The second kappa shape index (κ2) is 11.2. The molecule has 0 bridgehead atoms. The van der Waals surface area contributed by atoms with Crippen LogP contribution in [0.5, 0.6) is 0 Å². The van der Waals surface area contributed by atoms with Crippen LogP contribution in [0.15, 0.2) is 109 Å². The number of hydrogen-bond donors (Lipinski definition) is 2. The molecule has 7 nitrogen and oxygen atoms in total. The Hall–Kier alpha value is -4.30. The molecule has 1 aromatic heterocycles. The van der Waals surface area contributed by atoms with E-state index in [9.17, 15) is 9.90 Å². The van der Waals surface area contributed by atoms with Crippen molar-refractivity contribution in [2.24, 2.45) is 0 Å². The Morgan fingerprint density at radius 2 is 1.59 bits per heavy atom. The topological polar surface area (TPSA) is 85.6 Å². The molecule has 6 rings (SSSR count). The molecule has 196 valence electrons. The number of benzene rings is 4. The molecule has 1 saturated heterocycles. The summed E-state index contributed by atoms with van der Waals surface area (Å²) in [6, 6.07) is 32.6. The third kappa shape index (κ3) is 5.61. The molecule has 2 N–H and O–H groups in total. The number of para-hydroxylation sites is 2. The van der Waals surface area contributed by atoms with Crippen molar-refractivity contribution in [1.82, 2.24) is 9.55 Å². The van der Waals surface area contributed by atoms with Crippen LogP contribution in [0.25, 0.3) is 11.0 Å². The zero-order valence-corrected chi connectivity index (χ0v) is 21.3. The van der Waals surface area contributed by atoms with E-state index in [1.807, 2.05) is 91.3 Å². The van der Waals surface area contributed by atoms with E-state index in [0.717, 1.165) is 27.7 Å². The number of amides is 1. The SMILES string of the molecule is O=C(Nc1ccc([C@H]2O[C@@H](Cn3cnc4ccccc43)C[C@@H](c3ccc(CO)cc3)O2)cc1)c1ccccc1. The minimum Gasteiger partial charge on any atom is -0.392 e. The molecule has 0 radical (unpaired) electrons. The van der Waals surface area contributed by atoms with Crippen LogP contribution in [0.1, 0.15) is 45.9 Å². The largest absolute Gasteiger partial charge is 0.392 e. The highest BCUT2D eigenvalue weighted by atomic mass is 16.7. The Labute approximate surface area is 226 Å². The van der Waals surface area contributed by atoms with Crippen molar-refractivity contribution in [3.05, 3.63) is 132 Å². The van der Waals surface area contributed by atoms with Gasteiger partial charge in [0.25, 0.3) is 5.91 Å². The average molecular weight is 520 g/mol. The maximum Gasteiger partial charge on any atom is 0.255 e. The highest BCUT2D eigenvalue weighted by Gasteiger charge is 2.32. The second-order valence-corrected chi connectivity index (χ2v) is 9.68. The van der Waals surface area contributed by atoms with Crippen LogP contribution in [0.3, 0.4) is 0 Å². The first-order chi connectivity index (χ1) is 19.2. The summed E-state index contributed by atoms with van der Waals surface area (Å²) in [7, 11) is 0. The highest BCUT2D eigenvalue weighted by Crippen LogP contribution is 2.39. The normalized spacial score (nSPS) is 19.2. The molecule has 0 spiro atoms. The van der Waals surface area contributed by atoms with E-state index in [4.69, 9.17) is 9.47 Å². The fraction of sp³-hybridized carbons (Fsp3) is 0.188. The van der Waals surface area contributed by atoms with E-state index in [1.165, 1.54) is 0 Å².